The predicted octanol–water partition coefficient (Wildman–Crippen LogP) is 3.39. The van der Waals surface area contributed by atoms with Gasteiger partial charge in [-0.2, -0.15) is 0 Å². The summed E-state index contributed by atoms with van der Waals surface area (Å²) in [6, 6.07) is 8.74. The molecular formula is C14H16ClN3O. The van der Waals surface area contributed by atoms with Crippen molar-refractivity contribution in [2.24, 2.45) is 0 Å². The van der Waals surface area contributed by atoms with Crippen LogP contribution in [0.5, 0.6) is 0 Å². The number of hydrogen-bond acceptors (Lipinski definition) is 2. The zero-order chi connectivity index (χ0) is 13.8. The van der Waals surface area contributed by atoms with Gasteiger partial charge in [-0.05, 0) is 30.7 Å². The molecule has 0 bridgehead atoms. The maximum absolute atomic E-state index is 12.2. The summed E-state index contributed by atoms with van der Waals surface area (Å²) in [4.78, 5) is 12.2. The summed E-state index contributed by atoms with van der Waals surface area (Å²) in [5, 5.41) is 3.37. The van der Waals surface area contributed by atoms with Crippen LogP contribution in [-0.4, -0.2) is 10.5 Å². The van der Waals surface area contributed by atoms with Crippen molar-refractivity contribution in [2.75, 3.05) is 11.1 Å². The lowest BCUT2D eigenvalue weighted by atomic mass is 10.2. The van der Waals surface area contributed by atoms with Gasteiger partial charge in [0.05, 0.1) is 5.02 Å². The van der Waals surface area contributed by atoms with E-state index in [1.54, 1.807) is 36.5 Å². The van der Waals surface area contributed by atoms with E-state index in [4.69, 9.17) is 17.3 Å². The topological polar surface area (TPSA) is 60.0 Å². The molecule has 0 atom stereocenters. The largest absolute Gasteiger partial charge is 0.399 e. The normalized spacial score (nSPS) is 10.4. The Bertz CT molecular complexity index is 592. The zero-order valence-corrected chi connectivity index (χ0v) is 11.4. The molecule has 0 fully saturated rings. The van der Waals surface area contributed by atoms with Crippen molar-refractivity contribution in [3.63, 3.8) is 0 Å². The van der Waals surface area contributed by atoms with E-state index in [0.29, 0.717) is 22.1 Å². The number of nitrogen functional groups attached to an aromatic ring is 1. The number of anilines is 2. The minimum Gasteiger partial charge on any atom is -0.399 e. The summed E-state index contributed by atoms with van der Waals surface area (Å²) < 4.78 is 1.85. The molecule has 1 amide bonds. The van der Waals surface area contributed by atoms with Crippen LogP contribution in [0.3, 0.4) is 0 Å². The summed E-state index contributed by atoms with van der Waals surface area (Å²) in [7, 11) is 0. The molecule has 0 saturated heterocycles. The summed E-state index contributed by atoms with van der Waals surface area (Å²) in [5.41, 5.74) is 7.51. The van der Waals surface area contributed by atoms with Crippen LogP contribution >= 0.6 is 11.6 Å². The fourth-order valence-electron chi connectivity index (χ4n) is 1.90. The maximum atomic E-state index is 12.2. The molecule has 0 aliphatic rings. The van der Waals surface area contributed by atoms with E-state index in [1.807, 2.05) is 11.5 Å². The average Bonchev–Trinajstić information content (AvgIpc) is 2.71. The van der Waals surface area contributed by atoms with E-state index in [9.17, 15) is 4.79 Å². The number of carbonyl (C=O) groups is 1. The van der Waals surface area contributed by atoms with Crippen LogP contribution in [0, 0.1) is 0 Å². The molecule has 1 aromatic carbocycles. The van der Waals surface area contributed by atoms with E-state index in [-0.39, 0.29) is 5.91 Å². The Morgan fingerprint density at radius 1 is 1.42 bits per heavy atom. The van der Waals surface area contributed by atoms with Crippen LogP contribution in [0.15, 0.2) is 36.5 Å². The van der Waals surface area contributed by atoms with Crippen LogP contribution < -0.4 is 11.1 Å². The third kappa shape index (κ3) is 3.29. The number of nitrogens with zero attached hydrogens (tertiary/aromatic N) is 1. The summed E-state index contributed by atoms with van der Waals surface area (Å²) in [6.07, 6.45) is 2.70. The Balaban J connectivity index is 2.20. The summed E-state index contributed by atoms with van der Waals surface area (Å²) >= 11 is 5.95. The lowest BCUT2D eigenvalue weighted by Gasteiger charge is -2.09. The number of carbonyl (C=O) groups excluding carboxylic acids is 1. The van der Waals surface area contributed by atoms with Crippen LogP contribution in [0.2, 0.25) is 5.02 Å². The van der Waals surface area contributed by atoms with Gasteiger partial charge in [-0.15, -0.1) is 0 Å². The Hall–Kier alpha value is -1.94. The van der Waals surface area contributed by atoms with Gasteiger partial charge in [0, 0.05) is 24.1 Å². The first-order chi connectivity index (χ1) is 9.10. The smallest absolute Gasteiger partial charge is 0.272 e. The zero-order valence-electron chi connectivity index (χ0n) is 10.7. The summed E-state index contributed by atoms with van der Waals surface area (Å²) in [6.45, 7) is 2.81. The van der Waals surface area contributed by atoms with E-state index in [2.05, 4.69) is 5.32 Å². The van der Waals surface area contributed by atoms with Crippen molar-refractivity contribution in [3.8, 4) is 0 Å². The van der Waals surface area contributed by atoms with Crippen molar-refractivity contribution >= 4 is 28.9 Å². The number of benzene rings is 1. The lowest BCUT2D eigenvalue weighted by Crippen LogP contribution is -2.16. The number of nitrogens with two attached hydrogens (primary N) is 1. The van der Waals surface area contributed by atoms with E-state index >= 15 is 0 Å². The highest BCUT2D eigenvalue weighted by molar-refractivity contribution is 6.31. The highest BCUT2D eigenvalue weighted by Gasteiger charge is 2.13. The number of amides is 1. The van der Waals surface area contributed by atoms with Crippen molar-refractivity contribution < 1.29 is 4.79 Å². The van der Waals surface area contributed by atoms with E-state index in [1.165, 1.54) is 0 Å². The van der Waals surface area contributed by atoms with Gasteiger partial charge < -0.3 is 15.6 Å². The first kappa shape index (κ1) is 13.5. The van der Waals surface area contributed by atoms with Gasteiger partial charge in [0.25, 0.3) is 5.91 Å². The second kappa shape index (κ2) is 5.80. The van der Waals surface area contributed by atoms with Gasteiger partial charge in [-0.25, -0.2) is 0 Å². The standard InChI is InChI=1S/C14H16ClN3O/c1-2-6-18-9-10(15)7-13(18)14(19)17-12-5-3-4-11(16)8-12/h3-5,7-9H,2,6,16H2,1H3,(H,17,19). The molecule has 0 aliphatic carbocycles. The second-order valence-electron chi connectivity index (χ2n) is 4.32. The van der Waals surface area contributed by atoms with Gasteiger partial charge in [-0.1, -0.05) is 24.6 Å². The average molecular weight is 278 g/mol. The number of nitrogens with one attached hydrogen (secondary N) is 1. The molecule has 5 heteroatoms. The SMILES string of the molecule is CCCn1cc(Cl)cc1C(=O)Nc1cccc(N)c1. The third-order valence-electron chi connectivity index (χ3n) is 2.70. The molecule has 0 spiro atoms. The number of aromatic nitrogens is 1. The first-order valence-corrected chi connectivity index (χ1v) is 6.50. The number of aryl methyl sites for hydroxylation is 1. The van der Waals surface area contributed by atoms with Crippen molar-refractivity contribution in [1.29, 1.82) is 0 Å². The number of hydrogen-bond donors (Lipinski definition) is 2. The Morgan fingerprint density at radius 2 is 2.21 bits per heavy atom. The van der Waals surface area contributed by atoms with Gasteiger partial charge in [0.1, 0.15) is 5.69 Å². The van der Waals surface area contributed by atoms with E-state index < -0.39 is 0 Å². The van der Waals surface area contributed by atoms with Crippen LogP contribution in [0.4, 0.5) is 11.4 Å². The van der Waals surface area contributed by atoms with Crippen LogP contribution in [0.1, 0.15) is 23.8 Å². The third-order valence-corrected chi connectivity index (χ3v) is 2.91. The van der Waals surface area contributed by atoms with Gasteiger partial charge in [-0.3, -0.25) is 4.79 Å². The maximum Gasteiger partial charge on any atom is 0.272 e. The number of halogens is 1. The molecule has 0 radical (unpaired) electrons. The molecule has 2 aromatic rings. The first-order valence-electron chi connectivity index (χ1n) is 6.12. The molecule has 1 heterocycles. The monoisotopic (exact) mass is 277 g/mol. The van der Waals surface area contributed by atoms with Crippen molar-refractivity contribution in [3.05, 3.63) is 47.2 Å². The molecular weight excluding hydrogens is 262 g/mol. The minimum absolute atomic E-state index is 0.189. The molecule has 0 saturated carbocycles. The number of rotatable bonds is 4. The van der Waals surface area contributed by atoms with Crippen LogP contribution in [0.25, 0.3) is 0 Å². The van der Waals surface area contributed by atoms with Gasteiger partial charge >= 0.3 is 0 Å². The fourth-order valence-corrected chi connectivity index (χ4v) is 2.12. The fraction of sp³-hybridized carbons (Fsp3) is 0.214. The molecule has 19 heavy (non-hydrogen) atoms. The Kier molecular flexibility index (Phi) is 4.12. The summed E-state index contributed by atoms with van der Waals surface area (Å²) in [5.74, 6) is -0.189. The molecule has 0 unspecified atom stereocenters. The van der Waals surface area contributed by atoms with E-state index in [0.717, 1.165) is 13.0 Å². The Morgan fingerprint density at radius 3 is 2.89 bits per heavy atom. The molecule has 1 aromatic heterocycles. The quantitative estimate of drug-likeness (QED) is 0.842. The molecule has 2 rings (SSSR count). The predicted molar refractivity (Wildman–Crippen MR) is 78.5 cm³/mol. The highest BCUT2D eigenvalue weighted by atomic mass is 35.5. The van der Waals surface area contributed by atoms with Crippen molar-refractivity contribution in [2.45, 2.75) is 19.9 Å². The molecule has 4 nitrogen and oxygen atoms in total. The molecule has 3 N–H and O–H groups in total. The van der Waals surface area contributed by atoms with Crippen molar-refractivity contribution in [1.82, 2.24) is 4.57 Å². The second-order valence-corrected chi connectivity index (χ2v) is 4.75. The van der Waals surface area contributed by atoms with Gasteiger partial charge in [0.15, 0.2) is 0 Å². The minimum atomic E-state index is -0.189. The Labute approximate surface area is 117 Å². The molecule has 100 valence electrons. The molecule has 0 aliphatic heterocycles. The van der Waals surface area contributed by atoms with Gasteiger partial charge in [0.2, 0.25) is 0 Å². The van der Waals surface area contributed by atoms with Crippen LogP contribution in [-0.2, 0) is 6.54 Å². The lowest BCUT2D eigenvalue weighted by molar-refractivity contribution is 0.101. The highest BCUT2D eigenvalue weighted by Crippen LogP contribution is 2.18.